The van der Waals surface area contributed by atoms with E-state index in [1.165, 1.54) is 6.42 Å². The summed E-state index contributed by atoms with van der Waals surface area (Å²) in [7, 11) is 3.19. The Bertz CT molecular complexity index is 393. The van der Waals surface area contributed by atoms with Crippen molar-refractivity contribution < 1.29 is 9.47 Å². The van der Waals surface area contributed by atoms with Crippen molar-refractivity contribution >= 4 is 17.5 Å². The summed E-state index contributed by atoms with van der Waals surface area (Å²) in [5.74, 6) is 2.38. The Kier molecular flexibility index (Phi) is 5.07. The summed E-state index contributed by atoms with van der Waals surface area (Å²) in [6.07, 6.45) is 4.47. The number of methoxy groups -OCH3 is 2. The number of hydrogen-bond donors (Lipinski definition) is 0. The zero-order valence-electron chi connectivity index (χ0n) is 11.4. The Hall–Kier alpha value is -1.23. The molecule has 0 spiro atoms. The third-order valence-electron chi connectivity index (χ3n) is 3.41. The molecule has 1 unspecified atom stereocenters. The maximum absolute atomic E-state index is 5.89. The molecule has 1 saturated heterocycles. The highest BCUT2D eigenvalue weighted by Gasteiger charge is 2.25. The molecule has 1 aliphatic heterocycles. The molecular formula is C13H20ClN3O2. The Labute approximate surface area is 118 Å². The van der Waals surface area contributed by atoms with E-state index in [0.29, 0.717) is 29.6 Å². The molecule has 5 nitrogen and oxygen atoms in total. The molecule has 19 heavy (non-hydrogen) atoms. The first-order valence-corrected chi connectivity index (χ1v) is 7.11. The second kappa shape index (κ2) is 6.80. The van der Waals surface area contributed by atoms with Gasteiger partial charge in [-0.1, -0.05) is 0 Å². The molecule has 0 bridgehead atoms. The second-order valence-corrected chi connectivity index (χ2v) is 4.95. The standard InChI is InChI=1S/C13H20ClN3O2/c1-18-11-9-12(19-2)16-13(15-11)17-8-4-3-5-10(17)6-7-14/h9-10H,3-8H2,1-2H3. The van der Waals surface area contributed by atoms with E-state index in [9.17, 15) is 0 Å². The summed E-state index contributed by atoms with van der Waals surface area (Å²) in [6.45, 7) is 0.956. The molecule has 0 N–H and O–H groups in total. The number of nitrogens with zero attached hydrogens (tertiary/aromatic N) is 3. The monoisotopic (exact) mass is 285 g/mol. The maximum atomic E-state index is 5.89. The number of hydrogen-bond acceptors (Lipinski definition) is 5. The van der Waals surface area contributed by atoms with Crippen molar-refractivity contribution in [2.24, 2.45) is 0 Å². The van der Waals surface area contributed by atoms with Gasteiger partial charge in [-0.2, -0.15) is 9.97 Å². The van der Waals surface area contributed by atoms with Gasteiger partial charge in [-0.3, -0.25) is 0 Å². The van der Waals surface area contributed by atoms with Gasteiger partial charge >= 0.3 is 0 Å². The Morgan fingerprint density at radius 3 is 2.53 bits per heavy atom. The highest BCUT2D eigenvalue weighted by Crippen LogP contribution is 2.27. The van der Waals surface area contributed by atoms with Crippen LogP contribution in [-0.2, 0) is 0 Å². The fraction of sp³-hybridized carbons (Fsp3) is 0.692. The molecule has 0 saturated carbocycles. The lowest BCUT2D eigenvalue weighted by Gasteiger charge is -2.35. The third kappa shape index (κ3) is 3.41. The Morgan fingerprint density at radius 2 is 1.95 bits per heavy atom. The molecule has 106 valence electrons. The lowest BCUT2D eigenvalue weighted by atomic mass is 10.0. The van der Waals surface area contributed by atoms with Gasteiger partial charge in [-0.15, -0.1) is 11.6 Å². The van der Waals surface area contributed by atoms with Crippen LogP contribution in [0.1, 0.15) is 25.7 Å². The van der Waals surface area contributed by atoms with Crippen LogP contribution < -0.4 is 14.4 Å². The summed E-state index contributed by atoms with van der Waals surface area (Å²) >= 11 is 5.89. The molecule has 1 aromatic rings. The van der Waals surface area contributed by atoms with Crippen LogP contribution in [0.3, 0.4) is 0 Å². The van der Waals surface area contributed by atoms with Gasteiger partial charge in [-0.25, -0.2) is 0 Å². The van der Waals surface area contributed by atoms with Crippen molar-refractivity contribution in [3.05, 3.63) is 6.07 Å². The number of piperidine rings is 1. The van der Waals surface area contributed by atoms with Gasteiger partial charge in [0, 0.05) is 18.5 Å². The molecule has 1 aromatic heterocycles. The first kappa shape index (κ1) is 14.2. The molecule has 2 rings (SSSR count). The van der Waals surface area contributed by atoms with E-state index in [1.807, 2.05) is 0 Å². The van der Waals surface area contributed by atoms with Gasteiger partial charge in [0.05, 0.1) is 20.3 Å². The van der Waals surface area contributed by atoms with Crippen molar-refractivity contribution in [1.82, 2.24) is 9.97 Å². The molecule has 1 aliphatic rings. The van der Waals surface area contributed by atoms with E-state index < -0.39 is 0 Å². The zero-order valence-corrected chi connectivity index (χ0v) is 12.2. The van der Waals surface area contributed by atoms with E-state index in [-0.39, 0.29) is 0 Å². The summed E-state index contributed by atoms with van der Waals surface area (Å²) in [4.78, 5) is 11.1. The van der Waals surface area contributed by atoms with Crippen molar-refractivity contribution in [2.75, 3.05) is 31.5 Å². The minimum absolute atomic E-state index is 0.406. The van der Waals surface area contributed by atoms with E-state index in [4.69, 9.17) is 21.1 Å². The Balaban J connectivity index is 2.26. The van der Waals surface area contributed by atoms with Crippen molar-refractivity contribution in [3.8, 4) is 11.8 Å². The van der Waals surface area contributed by atoms with Crippen molar-refractivity contribution in [3.63, 3.8) is 0 Å². The van der Waals surface area contributed by atoms with E-state index in [0.717, 1.165) is 25.8 Å². The van der Waals surface area contributed by atoms with Crippen LogP contribution in [0.2, 0.25) is 0 Å². The SMILES string of the molecule is COc1cc(OC)nc(N2CCCCC2CCCl)n1. The summed E-state index contributed by atoms with van der Waals surface area (Å²) in [5, 5.41) is 0. The normalized spacial score (nSPS) is 19.3. The number of anilines is 1. The molecule has 0 aliphatic carbocycles. The average Bonchev–Trinajstić information content (AvgIpc) is 2.47. The number of aromatic nitrogens is 2. The first-order valence-electron chi connectivity index (χ1n) is 6.58. The van der Waals surface area contributed by atoms with Crippen molar-refractivity contribution in [1.29, 1.82) is 0 Å². The third-order valence-corrected chi connectivity index (χ3v) is 3.63. The van der Waals surface area contributed by atoms with E-state index >= 15 is 0 Å². The number of alkyl halides is 1. The first-order chi connectivity index (χ1) is 9.28. The highest BCUT2D eigenvalue weighted by atomic mass is 35.5. The van der Waals surface area contributed by atoms with Gasteiger partial charge < -0.3 is 14.4 Å². The molecule has 1 atom stereocenters. The van der Waals surface area contributed by atoms with Gasteiger partial charge in [-0.05, 0) is 25.7 Å². The van der Waals surface area contributed by atoms with Crippen LogP contribution in [-0.4, -0.2) is 42.7 Å². The van der Waals surface area contributed by atoms with Gasteiger partial charge in [0.1, 0.15) is 0 Å². The van der Waals surface area contributed by atoms with Crippen LogP contribution in [0.25, 0.3) is 0 Å². The minimum Gasteiger partial charge on any atom is -0.481 e. The predicted molar refractivity (Wildman–Crippen MR) is 75.5 cm³/mol. The van der Waals surface area contributed by atoms with Gasteiger partial charge in [0.25, 0.3) is 0 Å². The fourth-order valence-corrected chi connectivity index (χ4v) is 2.67. The maximum Gasteiger partial charge on any atom is 0.232 e. The highest BCUT2D eigenvalue weighted by molar-refractivity contribution is 6.17. The molecule has 0 aromatic carbocycles. The van der Waals surface area contributed by atoms with Crippen LogP contribution in [0.15, 0.2) is 6.07 Å². The number of rotatable bonds is 5. The molecule has 1 fully saturated rings. The van der Waals surface area contributed by atoms with Crippen LogP contribution in [0.5, 0.6) is 11.8 Å². The fourth-order valence-electron chi connectivity index (χ4n) is 2.42. The lowest BCUT2D eigenvalue weighted by Crippen LogP contribution is -2.41. The minimum atomic E-state index is 0.406. The molecule has 6 heteroatoms. The van der Waals surface area contributed by atoms with Crippen molar-refractivity contribution in [2.45, 2.75) is 31.7 Å². The topological polar surface area (TPSA) is 47.5 Å². The molecule has 0 radical (unpaired) electrons. The van der Waals surface area contributed by atoms with Crippen LogP contribution >= 0.6 is 11.6 Å². The average molecular weight is 286 g/mol. The van der Waals surface area contributed by atoms with Gasteiger partial charge in [0.15, 0.2) is 0 Å². The van der Waals surface area contributed by atoms with Gasteiger partial charge in [0.2, 0.25) is 17.7 Å². The molecule has 0 amide bonds. The zero-order chi connectivity index (χ0) is 13.7. The Morgan fingerprint density at radius 1 is 1.26 bits per heavy atom. The van der Waals surface area contributed by atoms with Crippen LogP contribution in [0.4, 0.5) is 5.95 Å². The number of ether oxygens (including phenoxy) is 2. The smallest absolute Gasteiger partial charge is 0.232 e. The lowest BCUT2D eigenvalue weighted by molar-refractivity contribution is 0.367. The van der Waals surface area contributed by atoms with E-state index in [2.05, 4.69) is 14.9 Å². The number of halogens is 1. The predicted octanol–water partition coefficient (Wildman–Crippen LogP) is 2.48. The summed E-state index contributed by atoms with van der Waals surface area (Å²) in [6, 6.07) is 2.09. The second-order valence-electron chi connectivity index (χ2n) is 4.57. The van der Waals surface area contributed by atoms with Crippen LogP contribution in [0, 0.1) is 0 Å². The molecular weight excluding hydrogens is 266 g/mol. The molecule has 2 heterocycles. The van der Waals surface area contributed by atoms with E-state index in [1.54, 1.807) is 20.3 Å². The largest absolute Gasteiger partial charge is 0.481 e. The summed E-state index contributed by atoms with van der Waals surface area (Å²) in [5.41, 5.74) is 0. The summed E-state index contributed by atoms with van der Waals surface area (Å²) < 4.78 is 10.4. The quantitative estimate of drug-likeness (QED) is 0.778.